The molecule has 0 aliphatic rings. The summed E-state index contributed by atoms with van der Waals surface area (Å²) >= 11 is 3.21. The fraction of sp³-hybridized carbons (Fsp3) is 0.0476. The molecule has 5 nitrogen and oxygen atoms in total. The molecule has 0 atom stereocenters. The lowest BCUT2D eigenvalue weighted by atomic mass is 10.2. The molecule has 1 aromatic carbocycles. The van der Waals surface area contributed by atoms with Crippen molar-refractivity contribution in [3.63, 3.8) is 0 Å². The predicted molar refractivity (Wildman–Crippen MR) is 112 cm³/mol. The quantitative estimate of drug-likeness (QED) is 0.326. The van der Waals surface area contributed by atoms with Crippen LogP contribution in [0.2, 0.25) is 0 Å². The smallest absolute Gasteiger partial charge is 0.247 e. The number of rotatable bonds is 5. The van der Waals surface area contributed by atoms with E-state index in [1.54, 1.807) is 28.7 Å². The Labute approximate surface area is 170 Å². The molecule has 0 aliphatic heterocycles. The van der Waals surface area contributed by atoms with Crippen LogP contribution in [-0.2, 0) is 6.54 Å². The topological polar surface area (TPSA) is 58.9 Å². The van der Waals surface area contributed by atoms with Crippen LogP contribution < -0.4 is 0 Å². The van der Waals surface area contributed by atoms with Crippen molar-refractivity contribution in [1.82, 2.24) is 15.0 Å². The zero-order valence-corrected chi connectivity index (χ0v) is 16.2. The van der Waals surface area contributed by atoms with Crippen molar-refractivity contribution in [2.24, 2.45) is 0 Å². The average Bonchev–Trinajstić information content (AvgIpc) is 3.47. The normalized spacial score (nSPS) is 11.1. The average molecular weight is 400 g/mol. The van der Waals surface area contributed by atoms with E-state index in [1.165, 1.54) is 5.56 Å². The van der Waals surface area contributed by atoms with E-state index >= 15 is 0 Å². The van der Waals surface area contributed by atoms with Crippen LogP contribution in [0.15, 0.2) is 66.5 Å². The third-order valence-electron chi connectivity index (χ3n) is 3.97. The lowest BCUT2D eigenvalue weighted by Crippen LogP contribution is -1.99. The van der Waals surface area contributed by atoms with Crippen molar-refractivity contribution in [3.05, 3.63) is 88.3 Å². The van der Waals surface area contributed by atoms with Crippen LogP contribution >= 0.6 is 22.7 Å². The fourth-order valence-corrected chi connectivity index (χ4v) is 4.65. The largest absolute Gasteiger partial charge is 0.263 e. The molecule has 4 rings (SSSR count). The molecule has 0 saturated heterocycles. The molecule has 0 saturated carbocycles. The van der Waals surface area contributed by atoms with Gasteiger partial charge in [-0.25, -0.2) is 14.8 Å². The van der Waals surface area contributed by atoms with Crippen LogP contribution in [0.5, 0.6) is 0 Å². The number of aromatic nitrogens is 3. The molecular formula is C21H13N5S2. The molecule has 7 heteroatoms. The van der Waals surface area contributed by atoms with Crippen LogP contribution in [0.3, 0.4) is 0 Å². The summed E-state index contributed by atoms with van der Waals surface area (Å²) in [5.41, 5.74) is 2.13. The highest BCUT2D eigenvalue weighted by Gasteiger charge is 2.10. The second kappa shape index (κ2) is 8.01. The summed E-state index contributed by atoms with van der Waals surface area (Å²) in [6.45, 7) is 7.67. The van der Waals surface area contributed by atoms with Crippen LogP contribution in [0.4, 0.5) is 0 Å². The zero-order valence-electron chi connectivity index (χ0n) is 14.6. The zero-order chi connectivity index (χ0) is 19.3. The minimum absolute atomic E-state index is 0.0929. The van der Waals surface area contributed by atoms with E-state index < -0.39 is 0 Å². The van der Waals surface area contributed by atoms with Gasteiger partial charge < -0.3 is 0 Å². The molecule has 0 spiro atoms. The maximum absolute atomic E-state index is 8.90. The Morgan fingerprint density at radius 1 is 1.07 bits per heavy atom. The number of thiophene rings is 2. The molecular weight excluding hydrogens is 386 g/mol. The second-order valence-corrected chi connectivity index (χ2v) is 8.11. The van der Waals surface area contributed by atoms with Crippen molar-refractivity contribution in [2.75, 3.05) is 0 Å². The molecule has 0 fully saturated rings. The van der Waals surface area contributed by atoms with Crippen LogP contribution in [0, 0.1) is 17.9 Å². The highest BCUT2D eigenvalue weighted by Crippen LogP contribution is 2.37. The van der Waals surface area contributed by atoms with E-state index in [9.17, 15) is 0 Å². The van der Waals surface area contributed by atoms with Gasteiger partial charge in [0.1, 0.15) is 5.69 Å². The van der Waals surface area contributed by atoms with Crippen LogP contribution in [0.1, 0.15) is 10.4 Å². The predicted octanol–water partition coefficient (Wildman–Crippen LogP) is 5.57. The Bertz CT molecular complexity index is 1200. The molecule has 0 aliphatic carbocycles. The molecule has 3 aromatic heterocycles. The first-order valence-corrected chi connectivity index (χ1v) is 10.0. The molecule has 134 valence electrons. The highest BCUT2D eigenvalue weighted by molar-refractivity contribution is 7.24. The fourth-order valence-electron chi connectivity index (χ4n) is 2.65. The summed E-state index contributed by atoms with van der Waals surface area (Å²) in [6.07, 6.45) is 3.57. The number of hydrogen-bond donors (Lipinski definition) is 0. The third kappa shape index (κ3) is 3.91. The first-order valence-electron chi connectivity index (χ1n) is 8.39. The highest BCUT2D eigenvalue weighted by atomic mass is 32.1. The molecule has 0 bridgehead atoms. The number of hydrogen-bond acceptors (Lipinski definition) is 5. The summed E-state index contributed by atoms with van der Waals surface area (Å²) in [4.78, 5) is 7.37. The Morgan fingerprint density at radius 2 is 1.82 bits per heavy atom. The first-order chi connectivity index (χ1) is 13.7. The summed E-state index contributed by atoms with van der Waals surface area (Å²) < 4.78 is 1.84. The van der Waals surface area contributed by atoms with Crippen molar-refractivity contribution < 1.29 is 0 Å². The van der Waals surface area contributed by atoms with Gasteiger partial charge in [-0.1, -0.05) is 35.5 Å². The van der Waals surface area contributed by atoms with Gasteiger partial charge in [-0.05, 0) is 35.9 Å². The first kappa shape index (κ1) is 17.9. The molecule has 28 heavy (non-hydrogen) atoms. The Kier molecular flexibility index (Phi) is 5.11. The number of benzene rings is 1. The van der Waals surface area contributed by atoms with E-state index in [-0.39, 0.29) is 5.70 Å². The Morgan fingerprint density at radius 3 is 2.61 bits per heavy atom. The van der Waals surface area contributed by atoms with E-state index in [4.69, 9.17) is 11.8 Å². The number of nitriles is 1. The molecule has 0 radical (unpaired) electrons. The standard InChI is InChI=1S/C21H13N5S2/c1-23-16(12-22)11-17-7-8-20(27-17)21-10-9-19(28-21)18-14-26(25-24-18)13-15-5-3-2-4-6-15/h2-11,14H,13H2. The van der Waals surface area contributed by atoms with Crippen molar-refractivity contribution >= 4 is 28.7 Å². The third-order valence-corrected chi connectivity index (χ3v) is 6.30. The second-order valence-electron chi connectivity index (χ2n) is 5.91. The lowest BCUT2D eigenvalue weighted by Gasteiger charge is -1.99. The van der Waals surface area contributed by atoms with E-state index in [0.29, 0.717) is 6.54 Å². The van der Waals surface area contributed by atoms with Gasteiger partial charge >= 0.3 is 0 Å². The maximum Gasteiger partial charge on any atom is 0.263 e. The monoisotopic (exact) mass is 399 g/mol. The SMILES string of the molecule is [C-]#[N+]C(C#N)=Cc1ccc(-c2ccc(-c3cn(Cc4ccccc4)nn3)s2)s1. The molecule has 0 unspecified atom stereocenters. The van der Waals surface area contributed by atoms with Crippen LogP contribution in [-0.4, -0.2) is 15.0 Å². The molecule has 0 amide bonds. The molecule has 3 heterocycles. The summed E-state index contributed by atoms with van der Waals surface area (Å²) in [6, 6.07) is 20.1. The van der Waals surface area contributed by atoms with Gasteiger partial charge in [-0.15, -0.1) is 27.8 Å². The van der Waals surface area contributed by atoms with Crippen molar-refractivity contribution in [2.45, 2.75) is 6.54 Å². The van der Waals surface area contributed by atoms with Crippen LogP contribution in [0.25, 0.3) is 31.2 Å². The van der Waals surface area contributed by atoms with E-state index in [1.807, 2.05) is 53.3 Å². The van der Waals surface area contributed by atoms with E-state index in [0.717, 1.165) is 25.2 Å². The molecule has 4 aromatic rings. The van der Waals surface area contributed by atoms with Crippen molar-refractivity contribution in [1.29, 1.82) is 5.26 Å². The minimum Gasteiger partial charge on any atom is -0.247 e. The van der Waals surface area contributed by atoms with Gasteiger partial charge in [0.15, 0.2) is 0 Å². The minimum atomic E-state index is 0.0929. The summed E-state index contributed by atoms with van der Waals surface area (Å²) in [7, 11) is 0. The van der Waals surface area contributed by atoms with Crippen molar-refractivity contribution in [3.8, 4) is 26.4 Å². The van der Waals surface area contributed by atoms with Gasteiger partial charge in [0, 0.05) is 14.6 Å². The maximum atomic E-state index is 8.90. The van der Waals surface area contributed by atoms with E-state index in [2.05, 4.69) is 33.4 Å². The summed E-state index contributed by atoms with van der Waals surface area (Å²) in [5, 5.41) is 17.4. The van der Waals surface area contributed by atoms with Gasteiger partial charge in [-0.3, -0.25) is 0 Å². The number of nitrogens with zero attached hydrogens (tertiary/aromatic N) is 5. The van der Waals surface area contributed by atoms with Gasteiger partial charge in [0.2, 0.25) is 0 Å². The Hall–Kier alpha value is -3.52. The van der Waals surface area contributed by atoms with Gasteiger partial charge in [0.25, 0.3) is 5.70 Å². The lowest BCUT2D eigenvalue weighted by molar-refractivity contribution is 0.650. The van der Waals surface area contributed by atoms with Gasteiger partial charge in [0.05, 0.1) is 30.3 Å². The molecule has 0 N–H and O–H groups in total. The van der Waals surface area contributed by atoms with Gasteiger partial charge in [-0.2, -0.15) is 0 Å². The Balaban J connectivity index is 1.53. The summed E-state index contributed by atoms with van der Waals surface area (Å²) in [5.74, 6) is 0. The number of allylic oxidation sites excluding steroid dienone is 1.